The number of halogens is 3. The van der Waals surface area contributed by atoms with Gasteiger partial charge in [-0.1, -0.05) is 0 Å². The number of nitrogens with two attached hydrogens (primary N) is 2. The molecular formula is C25H35F3N6O. The van der Waals surface area contributed by atoms with Gasteiger partial charge in [-0.15, -0.1) is 0 Å². The second-order valence-corrected chi connectivity index (χ2v) is 10.6. The summed E-state index contributed by atoms with van der Waals surface area (Å²) in [5.41, 5.74) is 12.1. The predicted octanol–water partition coefficient (Wildman–Crippen LogP) is 2.87. The van der Waals surface area contributed by atoms with Crippen LogP contribution in [0.15, 0.2) is 23.3 Å². The maximum atomic E-state index is 13.3. The number of aromatic nitrogens is 1. The molecule has 2 unspecified atom stereocenters. The molecule has 2 aliphatic heterocycles. The summed E-state index contributed by atoms with van der Waals surface area (Å²) in [5.74, 6) is 0.906. The van der Waals surface area contributed by atoms with Crippen molar-refractivity contribution in [3.8, 4) is 0 Å². The van der Waals surface area contributed by atoms with Gasteiger partial charge in [0.25, 0.3) is 0 Å². The van der Waals surface area contributed by atoms with Gasteiger partial charge in [-0.25, -0.2) is 4.98 Å². The van der Waals surface area contributed by atoms with Crippen LogP contribution in [0, 0.1) is 17.8 Å². The van der Waals surface area contributed by atoms with E-state index in [1.807, 2.05) is 13.8 Å². The minimum Gasteiger partial charge on any atom is -0.398 e. The number of rotatable bonds is 6. The van der Waals surface area contributed by atoms with Crippen LogP contribution < -0.4 is 11.5 Å². The third-order valence-corrected chi connectivity index (χ3v) is 8.03. The number of pyridine rings is 1. The molecule has 10 heteroatoms. The lowest BCUT2D eigenvalue weighted by Gasteiger charge is -2.44. The maximum absolute atomic E-state index is 13.3. The largest absolute Gasteiger partial charge is 0.419 e. The van der Waals surface area contributed by atoms with E-state index in [4.69, 9.17) is 21.2 Å². The van der Waals surface area contributed by atoms with Crippen LogP contribution in [0.1, 0.15) is 37.8 Å². The molecule has 0 radical (unpaired) electrons. The summed E-state index contributed by atoms with van der Waals surface area (Å²) in [6.07, 6.45) is 0.762. The Hall–Kier alpha value is -2.17. The molecule has 7 nitrogen and oxygen atoms in total. The molecule has 0 bridgehead atoms. The van der Waals surface area contributed by atoms with Crippen LogP contribution in [-0.4, -0.2) is 78.0 Å². The standard InChI is InChI=1S/C25H35F3N6O/c1-14(2)32-22(10-21(29)15-7-20(25(26,27)28)24(30)31-11-15)23-18-8-16(9-19(18)23)33-3-5-34(6-4-33)17-12-35-13-17/h7,10-11,14,16-19,23H,3-6,8-9,12-13,29H2,1-2H3,(H2,30,31). The van der Waals surface area contributed by atoms with Gasteiger partial charge >= 0.3 is 6.18 Å². The number of nitrogens with zero attached hydrogens (tertiary/aromatic N) is 4. The molecule has 0 aromatic carbocycles. The molecule has 1 aromatic rings. The lowest BCUT2D eigenvalue weighted by atomic mass is 9.99. The summed E-state index contributed by atoms with van der Waals surface area (Å²) in [5, 5.41) is 0. The topological polar surface area (TPSA) is 93.0 Å². The van der Waals surface area contributed by atoms with E-state index in [1.54, 1.807) is 6.08 Å². The van der Waals surface area contributed by atoms with Crippen LogP contribution in [0.4, 0.5) is 19.0 Å². The normalized spacial score (nSPS) is 31.0. The number of anilines is 1. The van der Waals surface area contributed by atoms with Crippen molar-refractivity contribution in [2.24, 2.45) is 28.5 Å². The van der Waals surface area contributed by atoms with Crippen molar-refractivity contribution in [3.63, 3.8) is 0 Å². The first-order valence-electron chi connectivity index (χ1n) is 12.6. The molecule has 4 N–H and O–H groups in total. The summed E-state index contributed by atoms with van der Waals surface area (Å²) in [4.78, 5) is 13.7. The number of aliphatic imine (C=N–C) groups is 1. The SMILES string of the molecule is CC(C)N=C(C=C(N)c1cnc(N)c(C(F)(F)F)c1)C1C2CC(N3CCN(C4COC4)CC3)CC21. The Labute approximate surface area is 204 Å². The van der Waals surface area contributed by atoms with E-state index in [0.717, 1.165) is 64.0 Å². The van der Waals surface area contributed by atoms with Gasteiger partial charge in [-0.3, -0.25) is 14.8 Å². The Kier molecular flexibility index (Phi) is 6.56. The highest BCUT2D eigenvalue weighted by molar-refractivity contribution is 6.04. The smallest absolute Gasteiger partial charge is 0.398 e. The molecular weight excluding hydrogens is 457 g/mol. The molecule has 5 rings (SSSR count). The maximum Gasteiger partial charge on any atom is 0.419 e. The van der Waals surface area contributed by atoms with Crippen LogP contribution >= 0.6 is 0 Å². The van der Waals surface area contributed by atoms with Crippen LogP contribution in [0.2, 0.25) is 0 Å². The number of allylic oxidation sites excluding steroid dienone is 1. The molecule has 4 fully saturated rings. The average molecular weight is 493 g/mol. The number of fused-ring (bicyclic) bond motifs is 1. The van der Waals surface area contributed by atoms with E-state index in [1.165, 1.54) is 6.20 Å². The second kappa shape index (κ2) is 9.37. The quantitative estimate of drug-likeness (QED) is 0.594. The molecule has 1 aromatic heterocycles. The number of hydrogen-bond donors (Lipinski definition) is 2. The van der Waals surface area contributed by atoms with Gasteiger partial charge in [0, 0.05) is 67.3 Å². The minimum absolute atomic E-state index is 0.0741. The first-order valence-corrected chi connectivity index (χ1v) is 12.6. The van der Waals surface area contributed by atoms with E-state index in [0.29, 0.717) is 29.8 Å². The fourth-order valence-electron chi connectivity index (χ4n) is 6.07. The van der Waals surface area contributed by atoms with E-state index < -0.39 is 17.6 Å². The molecule has 35 heavy (non-hydrogen) atoms. The molecule has 0 amide bonds. The summed E-state index contributed by atoms with van der Waals surface area (Å²) in [7, 11) is 0. The van der Waals surface area contributed by atoms with Crippen molar-refractivity contribution in [2.45, 2.75) is 51.0 Å². The molecule has 2 saturated heterocycles. The van der Waals surface area contributed by atoms with Crippen LogP contribution in [0.3, 0.4) is 0 Å². The Morgan fingerprint density at radius 1 is 1.11 bits per heavy atom. The van der Waals surface area contributed by atoms with Crippen LogP contribution in [0.5, 0.6) is 0 Å². The third-order valence-electron chi connectivity index (χ3n) is 8.03. The lowest BCUT2D eigenvalue weighted by molar-refractivity contribution is -0.137. The molecule has 0 spiro atoms. The Morgan fingerprint density at radius 3 is 2.23 bits per heavy atom. The number of piperazine rings is 1. The van der Waals surface area contributed by atoms with Crippen LogP contribution in [0.25, 0.3) is 5.70 Å². The molecule has 2 atom stereocenters. The first kappa shape index (κ1) is 24.5. The lowest BCUT2D eigenvalue weighted by Crippen LogP contribution is -2.58. The zero-order valence-electron chi connectivity index (χ0n) is 20.3. The zero-order chi connectivity index (χ0) is 24.9. The van der Waals surface area contributed by atoms with Crippen molar-refractivity contribution < 1.29 is 17.9 Å². The van der Waals surface area contributed by atoms with Crippen molar-refractivity contribution in [1.82, 2.24) is 14.8 Å². The van der Waals surface area contributed by atoms with Gasteiger partial charge in [-0.05, 0) is 50.7 Å². The van der Waals surface area contributed by atoms with Gasteiger partial charge in [0.05, 0.1) is 24.8 Å². The van der Waals surface area contributed by atoms with Crippen LogP contribution in [-0.2, 0) is 10.9 Å². The highest BCUT2D eigenvalue weighted by Crippen LogP contribution is 2.59. The van der Waals surface area contributed by atoms with Crippen molar-refractivity contribution in [1.29, 1.82) is 0 Å². The summed E-state index contributed by atoms with van der Waals surface area (Å²) < 4.78 is 45.2. The monoisotopic (exact) mass is 492 g/mol. The van der Waals surface area contributed by atoms with E-state index in [9.17, 15) is 13.2 Å². The number of nitrogen functional groups attached to an aromatic ring is 1. The predicted molar refractivity (Wildman–Crippen MR) is 130 cm³/mol. The van der Waals surface area contributed by atoms with Crippen molar-refractivity contribution in [3.05, 3.63) is 29.5 Å². The van der Waals surface area contributed by atoms with Gasteiger partial charge < -0.3 is 16.2 Å². The number of ether oxygens (including phenoxy) is 1. The Bertz CT molecular complexity index is 985. The molecule has 3 heterocycles. The van der Waals surface area contributed by atoms with Crippen molar-refractivity contribution >= 4 is 17.2 Å². The summed E-state index contributed by atoms with van der Waals surface area (Å²) in [6, 6.07) is 2.26. The molecule has 2 aliphatic carbocycles. The zero-order valence-corrected chi connectivity index (χ0v) is 20.3. The molecule has 192 valence electrons. The highest BCUT2D eigenvalue weighted by atomic mass is 19.4. The summed E-state index contributed by atoms with van der Waals surface area (Å²) >= 11 is 0. The van der Waals surface area contributed by atoms with Gasteiger partial charge in [0.15, 0.2) is 0 Å². The van der Waals surface area contributed by atoms with Gasteiger partial charge in [0.2, 0.25) is 0 Å². The van der Waals surface area contributed by atoms with E-state index >= 15 is 0 Å². The molecule has 2 saturated carbocycles. The van der Waals surface area contributed by atoms with Gasteiger partial charge in [-0.2, -0.15) is 13.2 Å². The van der Waals surface area contributed by atoms with Gasteiger partial charge in [0.1, 0.15) is 5.82 Å². The fraction of sp³-hybridized carbons (Fsp3) is 0.680. The third kappa shape index (κ3) is 5.06. The number of alkyl halides is 3. The summed E-state index contributed by atoms with van der Waals surface area (Å²) in [6.45, 7) is 10.2. The number of hydrogen-bond acceptors (Lipinski definition) is 7. The second-order valence-electron chi connectivity index (χ2n) is 10.6. The van der Waals surface area contributed by atoms with Crippen molar-refractivity contribution in [2.75, 3.05) is 45.1 Å². The highest BCUT2D eigenvalue weighted by Gasteiger charge is 2.58. The first-order chi connectivity index (χ1) is 16.6. The Morgan fingerprint density at radius 2 is 1.71 bits per heavy atom. The Balaban J connectivity index is 1.24. The van der Waals surface area contributed by atoms with E-state index in [2.05, 4.69) is 14.8 Å². The molecule has 4 aliphatic rings. The van der Waals surface area contributed by atoms with E-state index in [-0.39, 0.29) is 17.3 Å². The minimum atomic E-state index is -4.58. The fourth-order valence-corrected chi connectivity index (χ4v) is 6.07. The average Bonchev–Trinajstić information content (AvgIpc) is 3.24.